The van der Waals surface area contributed by atoms with E-state index in [2.05, 4.69) is 0 Å². The molecule has 1 N–H and O–H groups in total. The lowest BCUT2D eigenvalue weighted by Crippen LogP contribution is -2.28. The van der Waals surface area contributed by atoms with Crippen LogP contribution in [0.4, 0.5) is 0 Å². The summed E-state index contributed by atoms with van der Waals surface area (Å²) in [6, 6.07) is 7.92. The maximum atomic E-state index is 11.0. The van der Waals surface area contributed by atoms with Crippen molar-refractivity contribution in [3.63, 3.8) is 0 Å². The molecule has 0 saturated heterocycles. The zero-order valence-corrected chi connectivity index (χ0v) is 9.43. The van der Waals surface area contributed by atoms with E-state index in [1.165, 1.54) is 0 Å². The van der Waals surface area contributed by atoms with E-state index in [0.29, 0.717) is 24.5 Å². The number of carboxylic acid groups (broad SMARTS) is 1. The van der Waals surface area contributed by atoms with Crippen molar-refractivity contribution in [1.82, 2.24) is 0 Å². The van der Waals surface area contributed by atoms with Crippen molar-refractivity contribution in [2.24, 2.45) is 5.92 Å². The number of rotatable bonds is 1. The summed E-state index contributed by atoms with van der Waals surface area (Å²) in [5, 5.41) is 9.08. The van der Waals surface area contributed by atoms with Crippen LogP contribution in [0.15, 0.2) is 35.9 Å². The van der Waals surface area contributed by atoms with E-state index in [1.54, 1.807) is 0 Å². The molecular weight excluding hydrogens is 216 g/mol. The first-order valence-corrected chi connectivity index (χ1v) is 5.91. The smallest absolute Gasteiger partial charge is 0.331 e. The van der Waals surface area contributed by atoms with Gasteiger partial charge in [-0.3, -0.25) is 0 Å². The zero-order chi connectivity index (χ0) is 11.8. The lowest BCUT2D eigenvalue weighted by atomic mass is 9.76. The summed E-state index contributed by atoms with van der Waals surface area (Å²) in [7, 11) is 0. The van der Waals surface area contributed by atoms with Gasteiger partial charge in [-0.25, -0.2) is 4.79 Å². The number of hydrogen-bond donors (Lipinski definition) is 1. The standard InChI is InChI=1S/C14H14O3/c15-14(16)9-5-6-10-8-17-13-4-2-1-3-11(13)12(10)7-9/h1-4,7,10,12H,5-6,8H2,(H,15,16). The van der Waals surface area contributed by atoms with E-state index >= 15 is 0 Å². The van der Waals surface area contributed by atoms with Gasteiger partial charge in [0.05, 0.1) is 6.61 Å². The Bertz CT molecular complexity index is 490. The molecule has 0 fully saturated rings. The van der Waals surface area contributed by atoms with Crippen LogP contribution in [0.2, 0.25) is 0 Å². The minimum absolute atomic E-state index is 0.208. The van der Waals surface area contributed by atoms with Gasteiger partial charge in [0.2, 0.25) is 0 Å². The molecule has 0 amide bonds. The van der Waals surface area contributed by atoms with E-state index in [4.69, 9.17) is 9.84 Å². The third kappa shape index (κ3) is 1.71. The highest BCUT2D eigenvalue weighted by Gasteiger charge is 2.33. The maximum Gasteiger partial charge on any atom is 0.331 e. The fourth-order valence-electron chi connectivity index (χ4n) is 2.75. The highest BCUT2D eigenvalue weighted by Crippen LogP contribution is 2.43. The van der Waals surface area contributed by atoms with Crippen LogP contribution in [0.3, 0.4) is 0 Å². The largest absolute Gasteiger partial charge is 0.493 e. The number of hydrogen-bond acceptors (Lipinski definition) is 2. The van der Waals surface area contributed by atoms with Gasteiger partial charge in [0.1, 0.15) is 5.75 Å². The van der Waals surface area contributed by atoms with Crippen LogP contribution in [0.1, 0.15) is 24.3 Å². The number of fused-ring (bicyclic) bond motifs is 3. The second-order valence-electron chi connectivity index (χ2n) is 4.67. The average Bonchev–Trinajstić information content (AvgIpc) is 2.38. The van der Waals surface area contributed by atoms with Gasteiger partial charge in [0.25, 0.3) is 0 Å². The van der Waals surface area contributed by atoms with Gasteiger partial charge < -0.3 is 9.84 Å². The molecule has 1 aliphatic carbocycles. The van der Waals surface area contributed by atoms with E-state index in [-0.39, 0.29) is 5.92 Å². The van der Waals surface area contributed by atoms with Gasteiger partial charge in [-0.1, -0.05) is 24.3 Å². The quantitative estimate of drug-likeness (QED) is 0.806. The molecule has 1 aromatic carbocycles. The van der Waals surface area contributed by atoms with Crippen LogP contribution in [-0.2, 0) is 4.79 Å². The van der Waals surface area contributed by atoms with Gasteiger partial charge in [-0.2, -0.15) is 0 Å². The van der Waals surface area contributed by atoms with Gasteiger partial charge >= 0.3 is 5.97 Å². The molecule has 0 bridgehead atoms. The number of ether oxygens (including phenoxy) is 1. The molecule has 17 heavy (non-hydrogen) atoms. The average molecular weight is 230 g/mol. The second-order valence-corrected chi connectivity index (χ2v) is 4.67. The summed E-state index contributed by atoms with van der Waals surface area (Å²) < 4.78 is 5.71. The van der Waals surface area contributed by atoms with Crippen molar-refractivity contribution in [3.8, 4) is 5.75 Å². The van der Waals surface area contributed by atoms with E-state index < -0.39 is 5.97 Å². The first-order valence-electron chi connectivity index (χ1n) is 5.91. The molecule has 88 valence electrons. The first-order chi connectivity index (χ1) is 8.25. The Hall–Kier alpha value is -1.77. The highest BCUT2D eigenvalue weighted by atomic mass is 16.5. The van der Waals surface area contributed by atoms with Crippen LogP contribution in [0, 0.1) is 5.92 Å². The monoisotopic (exact) mass is 230 g/mol. The molecule has 2 aliphatic rings. The van der Waals surface area contributed by atoms with Crippen molar-refractivity contribution in [1.29, 1.82) is 0 Å². The molecular formula is C14H14O3. The molecule has 2 atom stereocenters. The third-order valence-electron chi connectivity index (χ3n) is 3.68. The topological polar surface area (TPSA) is 46.5 Å². The van der Waals surface area contributed by atoms with Crippen LogP contribution < -0.4 is 4.74 Å². The van der Waals surface area contributed by atoms with Crippen LogP contribution in [-0.4, -0.2) is 17.7 Å². The number of allylic oxidation sites excluding steroid dienone is 1. The molecule has 3 nitrogen and oxygen atoms in total. The van der Waals surface area contributed by atoms with Gasteiger partial charge in [0, 0.05) is 23.0 Å². The molecule has 0 radical (unpaired) electrons. The number of aliphatic carboxylic acids is 1. The normalized spacial score (nSPS) is 26.2. The summed E-state index contributed by atoms with van der Waals surface area (Å²) in [5.41, 5.74) is 1.67. The van der Waals surface area contributed by atoms with Crippen LogP contribution >= 0.6 is 0 Å². The molecule has 1 heterocycles. The summed E-state index contributed by atoms with van der Waals surface area (Å²) >= 11 is 0. The van der Waals surface area contributed by atoms with Crippen molar-refractivity contribution in [2.75, 3.05) is 6.61 Å². The lowest BCUT2D eigenvalue weighted by Gasteiger charge is -2.35. The fraction of sp³-hybridized carbons (Fsp3) is 0.357. The van der Waals surface area contributed by atoms with Crippen molar-refractivity contribution in [3.05, 3.63) is 41.5 Å². The molecule has 3 heteroatoms. The molecule has 3 rings (SSSR count). The van der Waals surface area contributed by atoms with Crippen LogP contribution in [0.5, 0.6) is 5.75 Å². The fourth-order valence-corrected chi connectivity index (χ4v) is 2.75. The van der Waals surface area contributed by atoms with Gasteiger partial charge in [-0.15, -0.1) is 0 Å². The molecule has 1 aromatic rings. The Labute approximate surface area is 99.7 Å². The predicted molar refractivity (Wildman–Crippen MR) is 63.1 cm³/mol. The van der Waals surface area contributed by atoms with E-state index in [9.17, 15) is 4.79 Å². The predicted octanol–water partition coefficient (Wildman–Crippen LogP) is 2.58. The van der Waals surface area contributed by atoms with Gasteiger partial charge in [-0.05, 0) is 18.9 Å². The summed E-state index contributed by atoms with van der Waals surface area (Å²) in [5.74, 6) is 0.747. The number of carboxylic acids is 1. The zero-order valence-electron chi connectivity index (χ0n) is 9.43. The Balaban J connectivity index is 2.03. The summed E-state index contributed by atoms with van der Waals surface area (Å²) in [6.45, 7) is 0.699. The minimum atomic E-state index is -0.785. The highest BCUT2D eigenvalue weighted by molar-refractivity contribution is 5.87. The van der Waals surface area contributed by atoms with Crippen molar-refractivity contribution < 1.29 is 14.6 Å². The number of benzene rings is 1. The summed E-state index contributed by atoms with van der Waals surface area (Å²) in [6.07, 6.45) is 3.47. The minimum Gasteiger partial charge on any atom is -0.493 e. The van der Waals surface area contributed by atoms with Gasteiger partial charge in [0.15, 0.2) is 0 Å². The van der Waals surface area contributed by atoms with E-state index in [0.717, 1.165) is 17.7 Å². The lowest BCUT2D eigenvalue weighted by molar-refractivity contribution is -0.133. The second kappa shape index (κ2) is 3.91. The molecule has 2 unspecified atom stereocenters. The summed E-state index contributed by atoms with van der Waals surface area (Å²) in [4.78, 5) is 11.0. The SMILES string of the molecule is O=C(O)C1=CC2c3ccccc3OCC2CC1. The van der Waals surface area contributed by atoms with E-state index in [1.807, 2.05) is 30.3 Å². The number of carbonyl (C=O) groups is 1. The first kappa shape index (κ1) is 10.4. The molecule has 0 aromatic heterocycles. The van der Waals surface area contributed by atoms with Crippen molar-refractivity contribution >= 4 is 5.97 Å². The number of para-hydroxylation sites is 1. The Morgan fingerprint density at radius 1 is 1.35 bits per heavy atom. The molecule has 0 spiro atoms. The third-order valence-corrected chi connectivity index (χ3v) is 3.68. The molecule has 0 saturated carbocycles. The Morgan fingerprint density at radius 3 is 3.00 bits per heavy atom. The van der Waals surface area contributed by atoms with Crippen molar-refractivity contribution in [2.45, 2.75) is 18.8 Å². The Morgan fingerprint density at radius 2 is 2.18 bits per heavy atom. The maximum absolute atomic E-state index is 11.0. The Kier molecular flexibility index (Phi) is 2.39. The molecule has 1 aliphatic heterocycles. The van der Waals surface area contributed by atoms with Crippen LogP contribution in [0.25, 0.3) is 0 Å².